The number of hydrogen-bond donors (Lipinski definition) is 0. The molecule has 0 saturated carbocycles. The van der Waals surface area contributed by atoms with Crippen LogP contribution >= 0.6 is 0 Å². The van der Waals surface area contributed by atoms with E-state index >= 15 is 0 Å². The zero-order chi connectivity index (χ0) is 13.8. The molecule has 0 aliphatic heterocycles. The molecule has 0 aliphatic carbocycles. The number of hydrogen-bond acceptors (Lipinski definition) is 2. The fourth-order valence-corrected chi connectivity index (χ4v) is 2.02. The maximum Gasteiger partial charge on any atom is 0.198 e. The molecule has 1 rings (SSSR count). The Kier molecular flexibility index (Phi) is 8.78. The number of ether oxygens (including phenoxy) is 1. The number of benzene rings is 1. The number of carbonyl (C=O) groups excluding carboxylic acids is 1. The summed E-state index contributed by atoms with van der Waals surface area (Å²) in [7, 11) is 0. The van der Waals surface area contributed by atoms with E-state index in [1.165, 1.54) is 32.1 Å². The summed E-state index contributed by atoms with van der Waals surface area (Å²) in [5.74, 6) is 0.924. The third-order valence-corrected chi connectivity index (χ3v) is 3.21. The van der Waals surface area contributed by atoms with Gasteiger partial charge in [0.2, 0.25) is 0 Å². The van der Waals surface area contributed by atoms with Crippen LogP contribution in [0.25, 0.3) is 0 Å². The topological polar surface area (TPSA) is 26.3 Å². The Bertz CT molecular complexity index is 330. The van der Waals surface area contributed by atoms with Crippen molar-refractivity contribution in [1.29, 1.82) is 0 Å². The van der Waals surface area contributed by atoms with Crippen LogP contribution in [0.5, 0.6) is 5.75 Å². The van der Waals surface area contributed by atoms with Gasteiger partial charge in [0.1, 0.15) is 5.75 Å². The molecule has 0 heterocycles. The van der Waals surface area contributed by atoms with Gasteiger partial charge in [-0.05, 0) is 30.5 Å². The van der Waals surface area contributed by atoms with Crippen molar-refractivity contribution in [1.82, 2.24) is 0 Å². The molecular weight excluding hydrogens is 236 g/mol. The van der Waals surface area contributed by atoms with Crippen molar-refractivity contribution in [3.63, 3.8) is 0 Å². The highest BCUT2D eigenvalue weighted by Gasteiger charge is 1.96. The maximum atomic E-state index is 10.2. The van der Waals surface area contributed by atoms with Crippen molar-refractivity contribution in [2.45, 2.75) is 58.3 Å². The molecule has 0 aromatic heterocycles. The molecule has 19 heavy (non-hydrogen) atoms. The fourth-order valence-electron chi connectivity index (χ4n) is 2.02. The predicted molar refractivity (Wildman–Crippen MR) is 79.3 cm³/mol. The first-order chi connectivity index (χ1) is 9.36. The van der Waals surface area contributed by atoms with Gasteiger partial charge in [-0.3, -0.25) is 4.79 Å². The molecule has 0 N–H and O–H groups in total. The van der Waals surface area contributed by atoms with Crippen LogP contribution in [0, 0.1) is 0 Å². The standard InChI is InChI=1S/C17H25O2/c1-2-3-4-5-6-7-15-19-17-12-10-16(11-13-17)9-8-14-18/h10-13H,2-9,15H2,1H3. The lowest BCUT2D eigenvalue weighted by atomic mass is 10.1. The molecule has 1 radical (unpaired) electrons. The molecular formula is C17H25O2. The molecule has 0 aliphatic rings. The summed E-state index contributed by atoms with van der Waals surface area (Å²) in [4.78, 5) is 10.2. The molecule has 2 nitrogen and oxygen atoms in total. The Morgan fingerprint density at radius 2 is 1.68 bits per heavy atom. The zero-order valence-electron chi connectivity index (χ0n) is 12.0. The normalized spacial score (nSPS) is 10.4. The summed E-state index contributed by atoms with van der Waals surface area (Å²) in [6.45, 7) is 3.04. The van der Waals surface area contributed by atoms with Gasteiger partial charge < -0.3 is 4.74 Å². The third kappa shape index (κ3) is 7.66. The quantitative estimate of drug-likeness (QED) is 0.549. The monoisotopic (exact) mass is 261 g/mol. The van der Waals surface area contributed by atoms with E-state index in [1.807, 2.05) is 30.6 Å². The Labute approximate surface area is 117 Å². The first-order valence-corrected chi connectivity index (χ1v) is 7.43. The Balaban J connectivity index is 2.10. The Morgan fingerprint density at radius 3 is 2.37 bits per heavy atom. The highest BCUT2D eigenvalue weighted by Crippen LogP contribution is 2.14. The van der Waals surface area contributed by atoms with Crippen LogP contribution in [0.2, 0.25) is 0 Å². The lowest BCUT2D eigenvalue weighted by Gasteiger charge is -2.07. The minimum atomic E-state index is 0.470. The summed E-state index contributed by atoms with van der Waals surface area (Å²) >= 11 is 0. The first-order valence-electron chi connectivity index (χ1n) is 7.43. The average Bonchev–Trinajstić information content (AvgIpc) is 2.45. The van der Waals surface area contributed by atoms with Crippen molar-refractivity contribution < 1.29 is 9.53 Å². The van der Waals surface area contributed by atoms with Crippen LogP contribution in [-0.4, -0.2) is 12.9 Å². The Morgan fingerprint density at radius 1 is 1.00 bits per heavy atom. The number of unbranched alkanes of at least 4 members (excludes halogenated alkanes) is 5. The number of aryl methyl sites for hydroxylation is 1. The van der Waals surface area contributed by atoms with Gasteiger partial charge in [-0.15, -0.1) is 0 Å². The van der Waals surface area contributed by atoms with Gasteiger partial charge in [-0.1, -0.05) is 51.2 Å². The molecule has 0 fully saturated rings. The van der Waals surface area contributed by atoms with E-state index in [-0.39, 0.29) is 0 Å². The second-order valence-electron chi connectivity index (χ2n) is 4.90. The van der Waals surface area contributed by atoms with Gasteiger partial charge in [0.15, 0.2) is 6.29 Å². The second-order valence-corrected chi connectivity index (χ2v) is 4.90. The van der Waals surface area contributed by atoms with E-state index < -0.39 is 0 Å². The first kappa shape index (κ1) is 15.7. The highest BCUT2D eigenvalue weighted by atomic mass is 16.5. The van der Waals surface area contributed by atoms with E-state index in [1.54, 1.807) is 0 Å². The molecule has 0 saturated heterocycles. The SMILES string of the molecule is CCCCCCCCOc1ccc(CC[C]=O)cc1. The van der Waals surface area contributed by atoms with E-state index in [0.717, 1.165) is 30.8 Å². The van der Waals surface area contributed by atoms with Gasteiger partial charge in [0.05, 0.1) is 6.61 Å². The predicted octanol–water partition coefficient (Wildman–Crippen LogP) is 4.47. The van der Waals surface area contributed by atoms with Crippen LogP contribution in [0.1, 0.15) is 57.4 Å². The summed E-state index contributed by atoms with van der Waals surface area (Å²) in [6.07, 6.45) is 10.8. The van der Waals surface area contributed by atoms with Crippen LogP contribution in [0.15, 0.2) is 24.3 Å². The fraction of sp³-hybridized carbons (Fsp3) is 0.588. The molecule has 0 atom stereocenters. The van der Waals surface area contributed by atoms with Crippen LogP contribution in [0.4, 0.5) is 0 Å². The van der Waals surface area contributed by atoms with Crippen LogP contribution in [-0.2, 0) is 11.2 Å². The van der Waals surface area contributed by atoms with Gasteiger partial charge >= 0.3 is 0 Å². The summed E-state index contributed by atoms with van der Waals surface area (Å²) in [5, 5.41) is 0. The van der Waals surface area contributed by atoms with Gasteiger partial charge in [0.25, 0.3) is 0 Å². The lowest BCUT2D eigenvalue weighted by molar-refractivity contribution is 0.304. The molecule has 105 valence electrons. The Hall–Kier alpha value is -1.31. The van der Waals surface area contributed by atoms with Gasteiger partial charge in [-0.2, -0.15) is 0 Å². The minimum absolute atomic E-state index is 0.470. The highest BCUT2D eigenvalue weighted by molar-refractivity contribution is 5.51. The second kappa shape index (κ2) is 10.6. The van der Waals surface area contributed by atoms with Crippen molar-refractivity contribution in [3.05, 3.63) is 29.8 Å². The number of rotatable bonds is 11. The summed E-state index contributed by atoms with van der Waals surface area (Å²) < 4.78 is 5.69. The molecule has 1 aromatic carbocycles. The van der Waals surface area contributed by atoms with Crippen molar-refractivity contribution >= 4 is 6.29 Å². The van der Waals surface area contributed by atoms with Crippen LogP contribution < -0.4 is 4.74 Å². The van der Waals surface area contributed by atoms with Crippen molar-refractivity contribution in [2.75, 3.05) is 6.61 Å². The molecule has 0 bridgehead atoms. The molecule has 2 heteroatoms. The molecule has 1 aromatic rings. The van der Waals surface area contributed by atoms with Gasteiger partial charge in [-0.25, -0.2) is 0 Å². The smallest absolute Gasteiger partial charge is 0.198 e. The van der Waals surface area contributed by atoms with Gasteiger partial charge in [0, 0.05) is 6.42 Å². The molecule has 0 amide bonds. The van der Waals surface area contributed by atoms with E-state index in [0.29, 0.717) is 6.42 Å². The zero-order valence-corrected chi connectivity index (χ0v) is 12.0. The van der Waals surface area contributed by atoms with Crippen molar-refractivity contribution in [2.24, 2.45) is 0 Å². The molecule has 0 unspecified atom stereocenters. The summed E-state index contributed by atoms with van der Waals surface area (Å²) in [6, 6.07) is 8.01. The van der Waals surface area contributed by atoms with E-state index in [9.17, 15) is 4.79 Å². The maximum absolute atomic E-state index is 10.2. The average molecular weight is 261 g/mol. The third-order valence-electron chi connectivity index (χ3n) is 3.21. The molecule has 0 spiro atoms. The van der Waals surface area contributed by atoms with E-state index in [4.69, 9.17) is 4.74 Å². The lowest BCUT2D eigenvalue weighted by Crippen LogP contribution is -1.97. The minimum Gasteiger partial charge on any atom is -0.494 e. The van der Waals surface area contributed by atoms with Crippen molar-refractivity contribution in [3.8, 4) is 5.75 Å². The summed E-state index contributed by atoms with van der Waals surface area (Å²) in [5.41, 5.74) is 1.16. The largest absolute Gasteiger partial charge is 0.494 e. The van der Waals surface area contributed by atoms with E-state index in [2.05, 4.69) is 6.92 Å². The van der Waals surface area contributed by atoms with Crippen LogP contribution in [0.3, 0.4) is 0 Å².